The summed E-state index contributed by atoms with van der Waals surface area (Å²) in [6.45, 7) is 5.55. The second-order valence-corrected chi connectivity index (χ2v) is 3.26. The number of rotatable bonds is 2. The number of aliphatic hydroxyl groups is 1. The fraction of sp³-hybridized carbons (Fsp3) is 0.500. The second-order valence-electron chi connectivity index (χ2n) is 3.26. The molecule has 0 saturated carbocycles. The molecular weight excluding hydrogens is 152 g/mol. The molecule has 0 spiro atoms. The summed E-state index contributed by atoms with van der Waals surface area (Å²) in [5.41, 5.74) is 1.61. The summed E-state index contributed by atoms with van der Waals surface area (Å²) >= 11 is 0. The molecule has 1 unspecified atom stereocenters. The maximum Gasteiger partial charge on any atom is 0.158 e. The van der Waals surface area contributed by atoms with Gasteiger partial charge in [0.05, 0.1) is 6.61 Å². The topological polar surface area (TPSA) is 37.3 Å². The van der Waals surface area contributed by atoms with Crippen molar-refractivity contribution in [1.29, 1.82) is 0 Å². The van der Waals surface area contributed by atoms with Crippen LogP contribution >= 0.6 is 0 Å². The van der Waals surface area contributed by atoms with Crippen molar-refractivity contribution in [2.45, 2.75) is 19.8 Å². The predicted molar refractivity (Wildman–Crippen MR) is 47.7 cm³/mol. The lowest BCUT2D eigenvalue weighted by Gasteiger charge is -2.20. The molecule has 1 N–H and O–H groups in total. The van der Waals surface area contributed by atoms with Crippen molar-refractivity contribution in [3.63, 3.8) is 0 Å². The van der Waals surface area contributed by atoms with Crippen molar-refractivity contribution >= 4 is 5.78 Å². The molecule has 0 amide bonds. The van der Waals surface area contributed by atoms with E-state index in [4.69, 9.17) is 5.11 Å². The first-order chi connectivity index (χ1) is 5.65. The molecule has 66 valence electrons. The van der Waals surface area contributed by atoms with Crippen molar-refractivity contribution in [1.82, 2.24) is 0 Å². The normalized spacial score (nSPS) is 23.7. The molecule has 0 aromatic carbocycles. The monoisotopic (exact) mass is 166 g/mol. The molecule has 0 aliphatic heterocycles. The van der Waals surface area contributed by atoms with E-state index >= 15 is 0 Å². The lowest BCUT2D eigenvalue weighted by atomic mass is 9.85. The molecule has 0 saturated heterocycles. The van der Waals surface area contributed by atoms with E-state index in [2.05, 4.69) is 6.58 Å². The Morgan fingerprint density at radius 3 is 3.00 bits per heavy atom. The first-order valence-corrected chi connectivity index (χ1v) is 4.13. The van der Waals surface area contributed by atoms with E-state index in [1.54, 1.807) is 0 Å². The Labute approximate surface area is 72.6 Å². The Morgan fingerprint density at radius 1 is 1.83 bits per heavy atom. The summed E-state index contributed by atoms with van der Waals surface area (Å²) in [7, 11) is 0. The van der Waals surface area contributed by atoms with E-state index in [9.17, 15) is 4.79 Å². The summed E-state index contributed by atoms with van der Waals surface area (Å²) in [5.74, 6) is 0.340. The van der Waals surface area contributed by atoms with Crippen LogP contribution in [0.5, 0.6) is 0 Å². The van der Waals surface area contributed by atoms with Crippen LogP contribution < -0.4 is 0 Å². The van der Waals surface area contributed by atoms with Crippen LogP contribution in [-0.2, 0) is 4.79 Å². The van der Waals surface area contributed by atoms with Crippen molar-refractivity contribution < 1.29 is 9.90 Å². The van der Waals surface area contributed by atoms with Gasteiger partial charge in [0.1, 0.15) is 0 Å². The van der Waals surface area contributed by atoms with Gasteiger partial charge in [-0.3, -0.25) is 4.79 Å². The Hall–Kier alpha value is -0.890. The van der Waals surface area contributed by atoms with E-state index < -0.39 is 0 Å². The highest BCUT2D eigenvalue weighted by atomic mass is 16.3. The van der Waals surface area contributed by atoms with Crippen LogP contribution in [0.2, 0.25) is 0 Å². The Bertz CT molecular complexity index is 238. The minimum Gasteiger partial charge on any atom is -0.392 e. The van der Waals surface area contributed by atoms with Crippen LogP contribution in [0, 0.1) is 5.92 Å². The molecule has 1 rings (SSSR count). The Kier molecular flexibility index (Phi) is 2.82. The fourth-order valence-corrected chi connectivity index (χ4v) is 1.34. The molecule has 0 bridgehead atoms. The number of hydrogen-bond acceptors (Lipinski definition) is 2. The van der Waals surface area contributed by atoms with Crippen LogP contribution in [0.1, 0.15) is 19.8 Å². The first kappa shape index (κ1) is 9.20. The summed E-state index contributed by atoms with van der Waals surface area (Å²) in [6.07, 6.45) is 3.29. The first-order valence-electron chi connectivity index (χ1n) is 4.13. The van der Waals surface area contributed by atoms with Gasteiger partial charge in [0, 0.05) is 6.42 Å². The molecule has 1 aliphatic rings. The number of hydrogen-bond donors (Lipinski definition) is 1. The zero-order chi connectivity index (χ0) is 9.14. The molecule has 12 heavy (non-hydrogen) atoms. The third-order valence-electron chi connectivity index (χ3n) is 2.36. The van der Waals surface area contributed by atoms with Gasteiger partial charge in [0.25, 0.3) is 0 Å². The van der Waals surface area contributed by atoms with Crippen LogP contribution in [-0.4, -0.2) is 17.5 Å². The molecule has 2 nitrogen and oxygen atoms in total. The molecular formula is C10H14O2. The molecule has 1 atom stereocenters. The smallest absolute Gasteiger partial charge is 0.158 e. The van der Waals surface area contributed by atoms with Gasteiger partial charge >= 0.3 is 0 Å². The number of ketones is 1. The average molecular weight is 166 g/mol. The van der Waals surface area contributed by atoms with Gasteiger partial charge in [-0.25, -0.2) is 0 Å². The number of allylic oxidation sites excluding steroid dienone is 2. The van der Waals surface area contributed by atoms with Gasteiger partial charge in [-0.2, -0.15) is 0 Å². The highest BCUT2D eigenvalue weighted by Crippen LogP contribution is 2.25. The maximum absolute atomic E-state index is 11.2. The number of Topliss-reactive ketones (excluding diaryl/α,β-unsaturated/α-hetero) is 1. The van der Waals surface area contributed by atoms with Crippen molar-refractivity contribution in [3.05, 3.63) is 23.8 Å². The van der Waals surface area contributed by atoms with Crippen LogP contribution in [0.15, 0.2) is 23.8 Å². The van der Waals surface area contributed by atoms with Crippen molar-refractivity contribution in [2.24, 2.45) is 5.92 Å². The van der Waals surface area contributed by atoms with E-state index in [-0.39, 0.29) is 18.3 Å². The van der Waals surface area contributed by atoms with Gasteiger partial charge in [-0.15, -0.1) is 0 Å². The summed E-state index contributed by atoms with van der Waals surface area (Å²) in [4.78, 5) is 11.2. The van der Waals surface area contributed by atoms with Gasteiger partial charge in [0.15, 0.2) is 5.78 Å². The van der Waals surface area contributed by atoms with Crippen LogP contribution in [0.3, 0.4) is 0 Å². The highest BCUT2D eigenvalue weighted by molar-refractivity contribution is 5.95. The van der Waals surface area contributed by atoms with E-state index in [0.717, 1.165) is 17.6 Å². The number of aliphatic hydroxyl groups excluding tert-OH is 1. The molecule has 0 fully saturated rings. The van der Waals surface area contributed by atoms with Gasteiger partial charge in [-0.1, -0.05) is 12.7 Å². The molecule has 0 aromatic rings. The Morgan fingerprint density at radius 2 is 2.50 bits per heavy atom. The van der Waals surface area contributed by atoms with Gasteiger partial charge in [0.2, 0.25) is 0 Å². The second kappa shape index (κ2) is 3.68. The molecule has 1 aliphatic carbocycles. The standard InChI is InChI=1S/C10H14O2/c1-7-3-4-9(5-10(7)12)8(2)6-11/h3,9,11H,2,4-6H2,1H3. The molecule has 0 heterocycles. The zero-order valence-corrected chi connectivity index (χ0v) is 7.34. The van der Waals surface area contributed by atoms with E-state index in [0.29, 0.717) is 6.42 Å². The van der Waals surface area contributed by atoms with Crippen molar-refractivity contribution in [2.75, 3.05) is 6.61 Å². The SMILES string of the molecule is C=C(CO)C1CC=C(C)C(=O)C1. The number of carbonyl (C=O) groups is 1. The third-order valence-corrected chi connectivity index (χ3v) is 2.36. The van der Waals surface area contributed by atoms with E-state index in [1.807, 2.05) is 13.0 Å². The van der Waals surface area contributed by atoms with Gasteiger partial charge in [-0.05, 0) is 30.4 Å². The fourth-order valence-electron chi connectivity index (χ4n) is 1.34. The minimum atomic E-state index is -0.00909. The predicted octanol–water partition coefficient (Wildman–Crippen LogP) is 1.46. The molecule has 0 radical (unpaired) electrons. The van der Waals surface area contributed by atoms with Crippen molar-refractivity contribution in [3.8, 4) is 0 Å². The highest BCUT2D eigenvalue weighted by Gasteiger charge is 2.20. The lowest BCUT2D eigenvalue weighted by Crippen LogP contribution is -2.17. The molecule has 0 aromatic heterocycles. The Balaban J connectivity index is 2.65. The lowest BCUT2D eigenvalue weighted by molar-refractivity contribution is -0.116. The number of carbonyl (C=O) groups excluding carboxylic acids is 1. The average Bonchev–Trinajstić information content (AvgIpc) is 2.08. The van der Waals surface area contributed by atoms with Crippen LogP contribution in [0.25, 0.3) is 0 Å². The van der Waals surface area contributed by atoms with E-state index in [1.165, 1.54) is 0 Å². The quantitative estimate of drug-likeness (QED) is 0.630. The maximum atomic E-state index is 11.2. The summed E-state index contributed by atoms with van der Waals surface area (Å²) in [6, 6.07) is 0. The minimum absolute atomic E-state index is 0.00909. The summed E-state index contributed by atoms with van der Waals surface area (Å²) < 4.78 is 0. The zero-order valence-electron chi connectivity index (χ0n) is 7.34. The van der Waals surface area contributed by atoms with Crippen LogP contribution in [0.4, 0.5) is 0 Å². The van der Waals surface area contributed by atoms with Gasteiger partial charge < -0.3 is 5.11 Å². The summed E-state index contributed by atoms with van der Waals surface area (Å²) in [5, 5.41) is 8.81. The molecule has 2 heteroatoms. The largest absolute Gasteiger partial charge is 0.392 e. The third kappa shape index (κ3) is 1.83.